The summed E-state index contributed by atoms with van der Waals surface area (Å²) >= 11 is 6.17. The molecule has 1 aromatic carbocycles. The summed E-state index contributed by atoms with van der Waals surface area (Å²) in [7, 11) is 1.84. The lowest BCUT2D eigenvalue weighted by molar-refractivity contribution is 0.770. The first-order chi connectivity index (χ1) is 10.7. The van der Waals surface area contributed by atoms with E-state index in [1.54, 1.807) is 10.7 Å². The molecule has 112 valence electrons. The molecule has 0 amide bonds. The summed E-state index contributed by atoms with van der Waals surface area (Å²) in [5, 5.41) is 7.84. The fourth-order valence-electron chi connectivity index (χ4n) is 1.94. The molecule has 22 heavy (non-hydrogen) atoms. The highest BCUT2D eigenvalue weighted by atomic mass is 35.5. The van der Waals surface area contributed by atoms with Crippen LogP contribution < -0.4 is 11.1 Å². The molecule has 0 fully saturated rings. The zero-order valence-corrected chi connectivity index (χ0v) is 12.6. The highest BCUT2D eigenvalue weighted by Gasteiger charge is 2.07. The Hall–Kier alpha value is -2.51. The molecule has 0 aliphatic carbocycles. The van der Waals surface area contributed by atoms with Gasteiger partial charge in [-0.25, -0.2) is 9.97 Å². The van der Waals surface area contributed by atoms with Crippen LogP contribution in [0.3, 0.4) is 0 Å². The van der Waals surface area contributed by atoms with Crippen molar-refractivity contribution >= 4 is 23.4 Å². The Kier molecular flexibility index (Phi) is 3.99. The number of aryl methyl sites for hydroxylation is 1. The molecule has 0 saturated heterocycles. The van der Waals surface area contributed by atoms with Gasteiger partial charge in [-0.3, -0.25) is 4.68 Å². The van der Waals surface area contributed by atoms with Crippen LogP contribution in [0.1, 0.15) is 5.56 Å². The Labute approximate surface area is 132 Å². The van der Waals surface area contributed by atoms with Gasteiger partial charge in [-0.15, -0.1) is 0 Å². The van der Waals surface area contributed by atoms with Gasteiger partial charge in [0, 0.05) is 36.4 Å². The van der Waals surface area contributed by atoms with Crippen molar-refractivity contribution in [1.82, 2.24) is 24.7 Å². The fourth-order valence-corrected chi connectivity index (χ4v) is 2.20. The van der Waals surface area contributed by atoms with E-state index in [0.29, 0.717) is 29.2 Å². The SMILES string of the molecule is Cn1ccc(Nc2ncnc(-c3ccc(CN)c(Cl)c3)n2)n1. The number of nitrogens with one attached hydrogen (secondary N) is 1. The van der Waals surface area contributed by atoms with E-state index in [1.165, 1.54) is 6.33 Å². The van der Waals surface area contributed by atoms with Gasteiger partial charge < -0.3 is 11.1 Å². The maximum atomic E-state index is 6.17. The summed E-state index contributed by atoms with van der Waals surface area (Å²) in [6.07, 6.45) is 3.27. The van der Waals surface area contributed by atoms with Crippen molar-refractivity contribution in [2.75, 3.05) is 5.32 Å². The second-order valence-electron chi connectivity index (χ2n) is 4.64. The lowest BCUT2D eigenvalue weighted by Gasteiger charge is -2.06. The van der Waals surface area contributed by atoms with Gasteiger partial charge in [0.25, 0.3) is 0 Å². The molecular formula is C14H14ClN7. The van der Waals surface area contributed by atoms with Crippen LogP contribution in [0.4, 0.5) is 11.8 Å². The van der Waals surface area contributed by atoms with Crippen LogP contribution in [0.2, 0.25) is 5.02 Å². The Balaban J connectivity index is 1.89. The Morgan fingerprint density at radius 3 is 2.82 bits per heavy atom. The molecule has 3 aromatic rings. The zero-order chi connectivity index (χ0) is 15.5. The number of benzene rings is 1. The van der Waals surface area contributed by atoms with E-state index >= 15 is 0 Å². The third-order valence-electron chi connectivity index (χ3n) is 3.06. The molecule has 0 atom stereocenters. The molecule has 0 saturated carbocycles. The maximum absolute atomic E-state index is 6.17. The van der Waals surface area contributed by atoms with E-state index in [9.17, 15) is 0 Å². The highest BCUT2D eigenvalue weighted by Crippen LogP contribution is 2.23. The average molecular weight is 316 g/mol. The molecule has 3 N–H and O–H groups in total. The van der Waals surface area contributed by atoms with Crippen LogP contribution in [-0.4, -0.2) is 24.7 Å². The molecule has 2 heterocycles. The van der Waals surface area contributed by atoms with Crippen molar-refractivity contribution in [1.29, 1.82) is 0 Å². The zero-order valence-electron chi connectivity index (χ0n) is 11.9. The predicted molar refractivity (Wildman–Crippen MR) is 84.7 cm³/mol. The van der Waals surface area contributed by atoms with Gasteiger partial charge in [-0.1, -0.05) is 23.7 Å². The van der Waals surface area contributed by atoms with Crippen molar-refractivity contribution in [3.63, 3.8) is 0 Å². The standard InChI is InChI=1S/C14H14ClN7/c1-22-5-4-12(21-22)19-14-18-8-17-13(20-14)9-2-3-10(7-16)11(15)6-9/h2-6,8H,7,16H2,1H3,(H,17,18,19,20,21). The van der Waals surface area contributed by atoms with Gasteiger partial charge in [-0.2, -0.15) is 10.1 Å². The minimum atomic E-state index is 0.392. The highest BCUT2D eigenvalue weighted by molar-refractivity contribution is 6.31. The quantitative estimate of drug-likeness (QED) is 0.766. The number of hydrogen-bond acceptors (Lipinski definition) is 6. The van der Waals surface area contributed by atoms with Gasteiger partial charge in [0.2, 0.25) is 5.95 Å². The molecular weight excluding hydrogens is 302 g/mol. The van der Waals surface area contributed by atoms with Gasteiger partial charge in [-0.05, 0) is 11.6 Å². The normalized spacial score (nSPS) is 10.7. The smallest absolute Gasteiger partial charge is 0.231 e. The first-order valence-electron chi connectivity index (χ1n) is 6.60. The molecule has 0 radical (unpaired) electrons. The van der Waals surface area contributed by atoms with E-state index in [0.717, 1.165) is 11.1 Å². The molecule has 8 heteroatoms. The maximum Gasteiger partial charge on any atom is 0.231 e. The van der Waals surface area contributed by atoms with E-state index < -0.39 is 0 Å². The van der Waals surface area contributed by atoms with Gasteiger partial charge in [0.15, 0.2) is 11.6 Å². The number of rotatable bonds is 4. The topological polar surface area (TPSA) is 94.5 Å². The minimum absolute atomic E-state index is 0.392. The number of anilines is 2. The summed E-state index contributed by atoms with van der Waals surface area (Å²) in [5.41, 5.74) is 7.29. The summed E-state index contributed by atoms with van der Waals surface area (Å²) in [4.78, 5) is 12.6. The van der Waals surface area contributed by atoms with Crippen LogP contribution >= 0.6 is 11.6 Å². The number of aromatic nitrogens is 5. The van der Waals surface area contributed by atoms with Crippen LogP contribution in [0.25, 0.3) is 11.4 Å². The molecule has 2 aromatic heterocycles. The van der Waals surface area contributed by atoms with Crippen molar-refractivity contribution < 1.29 is 0 Å². The third-order valence-corrected chi connectivity index (χ3v) is 3.41. The van der Waals surface area contributed by atoms with E-state index in [-0.39, 0.29) is 0 Å². The first-order valence-corrected chi connectivity index (χ1v) is 6.98. The fraction of sp³-hybridized carbons (Fsp3) is 0.143. The van der Waals surface area contributed by atoms with Crippen LogP contribution in [0.5, 0.6) is 0 Å². The van der Waals surface area contributed by atoms with Crippen LogP contribution in [-0.2, 0) is 13.6 Å². The van der Waals surface area contributed by atoms with Crippen molar-refractivity contribution in [2.24, 2.45) is 12.8 Å². The molecule has 0 unspecified atom stereocenters. The number of hydrogen-bond donors (Lipinski definition) is 2. The monoisotopic (exact) mass is 315 g/mol. The first kappa shape index (κ1) is 14.4. The summed E-state index contributed by atoms with van der Waals surface area (Å²) in [6.45, 7) is 0.392. The average Bonchev–Trinajstić information content (AvgIpc) is 2.92. The van der Waals surface area contributed by atoms with Crippen molar-refractivity contribution in [3.05, 3.63) is 47.4 Å². The van der Waals surface area contributed by atoms with Crippen molar-refractivity contribution in [3.8, 4) is 11.4 Å². The van der Waals surface area contributed by atoms with Gasteiger partial charge in [0.1, 0.15) is 6.33 Å². The number of nitrogens with two attached hydrogens (primary N) is 1. The number of halogens is 1. The van der Waals surface area contributed by atoms with Crippen LogP contribution in [0, 0.1) is 0 Å². The van der Waals surface area contributed by atoms with E-state index in [2.05, 4.69) is 25.4 Å². The predicted octanol–water partition coefficient (Wildman–Crippen LogP) is 2.13. The second-order valence-corrected chi connectivity index (χ2v) is 5.05. The summed E-state index contributed by atoms with van der Waals surface area (Å²) in [5.74, 6) is 1.61. The molecule has 0 aliphatic heterocycles. The lowest BCUT2D eigenvalue weighted by atomic mass is 10.1. The molecule has 3 rings (SSSR count). The number of nitrogens with zero attached hydrogens (tertiary/aromatic N) is 5. The van der Waals surface area contributed by atoms with Gasteiger partial charge >= 0.3 is 0 Å². The Morgan fingerprint density at radius 1 is 1.27 bits per heavy atom. The Morgan fingerprint density at radius 2 is 2.14 bits per heavy atom. The molecule has 0 aliphatic rings. The van der Waals surface area contributed by atoms with Gasteiger partial charge in [0.05, 0.1) is 0 Å². The summed E-state index contributed by atoms with van der Waals surface area (Å²) in [6, 6.07) is 7.38. The Bertz CT molecular complexity index is 799. The lowest BCUT2D eigenvalue weighted by Crippen LogP contribution is -2.01. The second kappa shape index (κ2) is 6.08. The van der Waals surface area contributed by atoms with Crippen LogP contribution in [0.15, 0.2) is 36.8 Å². The van der Waals surface area contributed by atoms with Crippen molar-refractivity contribution in [2.45, 2.75) is 6.54 Å². The minimum Gasteiger partial charge on any atom is -0.326 e. The largest absolute Gasteiger partial charge is 0.326 e. The molecule has 0 bridgehead atoms. The molecule has 7 nitrogen and oxygen atoms in total. The summed E-state index contributed by atoms with van der Waals surface area (Å²) < 4.78 is 1.69. The third kappa shape index (κ3) is 3.05. The van der Waals surface area contributed by atoms with E-state index in [1.807, 2.05) is 31.4 Å². The van der Waals surface area contributed by atoms with E-state index in [4.69, 9.17) is 17.3 Å². The molecule has 0 spiro atoms.